The van der Waals surface area contributed by atoms with Crippen LogP contribution in [0, 0.1) is 6.92 Å². The Balaban J connectivity index is 2.07. The Kier molecular flexibility index (Phi) is 5.64. The van der Waals surface area contributed by atoms with E-state index in [-0.39, 0.29) is 28.4 Å². The summed E-state index contributed by atoms with van der Waals surface area (Å²) in [6.45, 7) is 10.4. The zero-order chi connectivity index (χ0) is 22.4. The first-order chi connectivity index (χ1) is 13.9. The van der Waals surface area contributed by atoms with E-state index in [2.05, 4.69) is 9.97 Å². The Morgan fingerprint density at radius 3 is 2.27 bits per heavy atom. The first-order valence-corrected chi connectivity index (χ1v) is 10.1. The van der Waals surface area contributed by atoms with Gasteiger partial charge in [-0.1, -0.05) is 24.6 Å². The first kappa shape index (κ1) is 22.2. The molecule has 3 rings (SSSR count). The number of aromatic nitrogens is 2. The van der Waals surface area contributed by atoms with E-state index in [9.17, 15) is 9.59 Å². The summed E-state index contributed by atoms with van der Waals surface area (Å²) in [5, 5.41) is 0.271. The van der Waals surface area contributed by atoms with E-state index in [1.165, 1.54) is 0 Å². The van der Waals surface area contributed by atoms with E-state index in [1.54, 1.807) is 46.8 Å². The molecule has 30 heavy (non-hydrogen) atoms. The third-order valence-electron chi connectivity index (χ3n) is 5.26. The van der Waals surface area contributed by atoms with Gasteiger partial charge in [0.15, 0.2) is 11.6 Å². The molecule has 0 spiro atoms. The number of nitrogens with two attached hydrogens (primary N) is 1. The molecule has 8 heteroatoms. The van der Waals surface area contributed by atoms with Crippen molar-refractivity contribution in [3.05, 3.63) is 40.0 Å². The average molecular weight is 432 g/mol. The van der Waals surface area contributed by atoms with Gasteiger partial charge < -0.3 is 15.2 Å². The number of halogens is 1. The van der Waals surface area contributed by atoms with E-state index in [0.29, 0.717) is 23.4 Å². The van der Waals surface area contributed by atoms with Crippen LogP contribution in [0.25, 0.3) is 0 Å². The summed E-state index contributed by atoms with van der Waals surface area (Å²) in [6.07, 6.45) is 0.651. The maximum Gasteiger partial charge on any atom is 0.324 e. The van der Waals surface area contributed by atoms with Gasteiger partial charge in [-0.15, -0.1) is 0 Å². The Bertz CT molecular complexity index is 984. The summed E-state index contributed by atoms with van der Waals surface area (Å²) in [5.74, 6) is -0.989. The lowest BCUT2D eigenvalue weighted by Crippen LogP contribution is -2.58. The van der Waals surface area contributed by atoms with Crippen molar-refractivity contribution in [2.24, 2.45) is 0 Å². The summed E-state index contributed by atoms with van der Waals surface area (Å²) in [4.78, 5) is 34.6. The maximum atomic E-state index is 13.2. The maximum absolute atomic E-state index is 13.2. The molecule has 0 radical (unpaired) electrons. The van der Waals surface area contributed by atoms with Crippen molar-refractivity contribution in [1.82, 2.24) is 9.97 Å². The number of aryl methyl sites for hydroxylation is 2. The summed E-state index contributed by atoms with van der Waals surface area (Å²) in [6, 6.07) is 5.32. The van der Waals surface area contributed by atoms with Gasteiger partial charge >= 0.3 is 6.01 Å². The number of nitrogen functional groups attached to an aromatic ring is 1. The Morgan fingerprint density at radius 1 is 1.13 bits per heavy atom. The molecule has 0 atom stereocenters. The number of hydrogen-bond donors (Lipinski definition) is 1. The number of ketones is 2. The van der Waals surface area contributed by atoms with Crippen molar-refractivity contribution in [3.63, 3.8) is 0 Å². The predicted octanol–water partition coefficient (Wildman–Crippen LogP) is 4.18. The van der Waals surface area contributed by atoms with Gasteiger partial charge in [0.25, 0.3) is 0 Å². The highest BCUT2D eigenvalue weighted by Crippen LogP contribution is 2.40. The summed E-state index contributed by atoms with van der Waals surface area (Å²) in [5.41, 5.74) is 5.60. The highest BCUT2D eigenvalue weighted by molar-refractivity contribution is 6.33. The SMILES string of the molecule is CCc1ccc(Oc2nc(C)c(Cl)c(N)n2)cc1C1C(=O)C(C)(C)OC(C)(C)C1=O. The van der Waals surface area contributed by atoms with E-state index >= 15 is 0 Å². The van der Waals surface area contributed by atoms with E-state index in [1.807, 2.05) is 13.0 Å². The number of ether oxygens (including phenoxy) is 2. The number of rotatable bonds is 4. The zero-order valence-corrected chi connectivity index (χ0v) is 18.8. The molecule has 0 aliphatic carbocycles. The molecule has 1 fully saturated rings. The normalized spacial score (nSPS) is 18.5. The van der Waals surface area contributed by atoms with Crippen LogP contribution in [0.1, 0.15) is 57.4 Å². The first-order valence-electron chi connectivity index (χ1n) is 9.76. The molecule has 1 aliphatic heterocycles. The van der Waals surface area contributed by atoms with Crippen LogP contribution in [0.5, 0.6) is 11.8 Å². The Labute approximate surface area is 180 Å². The van der Waals surface area contributed by atoms with Gasteiger partial charge in [-0.25, -0.2) is 0 Å². The molecule has 2 aromatic rings. The van der Waals surface area contributed by atoms with Crippen molar-refractivity contribution in [2.75, 3.05) is 5.73 Å². The van der Waals surface area contributed by atoms with Crippen molar-refractivity contribution in [2.45, 2.75) is 65.1 Å². The number of nitrogens with zero attached hydrogens (tertiary/aromatic N) is 2. The molecular formula is C22H26ClN3O4. The number of anilines is 1. The molecule has 1 aromatic carbocycles. The fraction of sp³-hybridized carbons (Fsp3) is 0.455. The lowest BCUT2D eigenvalue weighted by molar-refractivity contribution is -0.184. The number of carbonyl (C=O) groups excluding carboxylic acids is 2. The average Bonchev–Trinajstić information content (AvgIpc) is 2.64. The third-order valence-corrected chi connectivity index (χ3v) is 5.73. The number of benzene rings is 1. The quantitative estimate of drug-likeness (QED) is 0.723. The standard InChI is InChI=1S/C22H26ClN3O4/c1-7-12-8-9-13(29-20-25-11(2)16(23)19(24)26-20)10-14(12)15-17(27)21(3,4)30-22(5,6)18(15)28/h8-10,15H,7H2,1-6H3,(H2,24,25,26). The Hall–Kier alpha value is -2.51. The number of hydrogen-bond acceptors (Lipinski definition) is 7. The van der Waals surface area contributed by atoms with Crippen LogP contribution >= 0.6 is 11.6 Å². The van der Waals surface area contributed by atoms with Gasteiger partial charge in [0.05, 0.1) is 5.69 Å². The van der Waals surface area contributed by atoms with Crippen LogP contribution in [-0.4, -0.2) is 32.7 Å². The molecule has 7 nitrogen and oxygen atoms in total. The largest absolute Gasteiger partial charge is 0.424 e. The highest BCUT2D eigenvalue weighted by atomic mass is 35.5. The summed E-state index contributed by atoms with van der Waals surface area (Å²) in [7, 11) is 0. The summed E-state index contributed by atoms with van der Waals surface area (Å²) < 4.78 is 11.6. The molecule has 1 aromatic heterocycles. The van der Waals surface area contributed by atoms with Crippen molar-refractivity contribution >= 4 is 29.0 Å². The van der Waals surface area contributed by atoms with Gasteiger partial charge in [-0.3, -0.25) is 9.59 Å². The van der Waals surface area contributed by atoms with Gasteiger partial charge in [0.2, 0.25) is 0 Å². The molecule has 0 bridgehead atoms. The van der Waals surface area contributed by atoms with E-state index in [4.69, 9.17) is 26.8 Å². The fourth-order valence-electron chi connectivity index (χ4n) is 3.77. The molecule has 2 heterocycles. The fourth-order valence-corrected chi connectivity index (χ4v) is 3.85. The molecule has 1 saturated heterocycles. The molecule has 160 valence electrons. The lowest BCUT2D eigenvalue weighted by Gasteiger charge is -2.43. The van der Waals surface area contributed by atoms with Crippen LogP contribution in [0.15, 0.2) is 18.2 Å². The van der Waals surface area contributed by atoms with Crippen LogP contribution < -0.4 is 10.5 Å². The molecule has 0 unspecified atom stereocenters. The molecule has 1 aliphatic rings. The van der Waals surface area contributed by atoms with Gasteiger partial charge in [0, 0.05) is 0 Å². The molecule has 2 N–H and O–H groups in total. The zero-order valence-electron chi connectivity index (χ0n) is 18.0. The highest BCUT2D eigenvalue weighted by Gasteiger charge is 2.53. The van der Waals surface area contributed by atoms with Crippen LogP contribution in [0.4, 0.5) is 5.82 Å². The monoisotopic (exact) mass is 431 g/mol. The van der Waals surface area contributed by atoms with E-state index in [0.717, 1.165) is 5.56 Å². The second kappa shape index (κ2) is 7.63. The minimum atomic E-state index is -1.09. The number of carbonyl (C=O) groups is 2. The minimum Gasteiger partial charge on any atom is -0.424 e. The Morgan fingerprint density at radius 2 is 1.73 bits per heavy atom. The van der Waals surface area contributed by atoms with Crippen molar-refractivity contribution in [3.8, 4) is 11.8 Å². The third kappa shape index (κ3) is 3.91. The van der Waals surface area contributed by atoms with Gasteiger partial charge in [-0.2, -0.15) is 9.97 Å². The van der Waals surface area contributed by atoms with Crippen molar-refractivity contribution < 1.29 is 19.1 Å². The predicted molar refractivity (Wildman–Crippen MR) is 114 cm³/mol. The van der Waals surface area contributed by atoms with E-state index < -0.39 is 17.1 Å². The second-order valence-electron chi connectivity index (χ2n) is 8.39. The minimum absolute atomic E-state index is 0.0369. The van der Waals surface area contributed by atoms with Crippen LogP contribution in [-0.2, 0) is 20.7 Å². The van der Waals surface area contributed by atoms with Crippen LogP contribution in [0.2, 0.25) is 5.02 Å². The summed E-state index contributed by atoms with van der Waals surface area (Å²) >= 11 is 6.01. The molecule has 0 amide bonds. The van der Waals surface area contributed by atoms with Crippen LogP contribution in [0.3, 0.4) is 0 Å². The second-order valence-corrected chi connectivity index (χ2v) is 8.77. The molecular weight excluding hydrogens is 406 g/mol. The topological polar surface area (TPSA) is 104 Å². The lowest BCUT2D eigenvalue weighted by atomic mass is 9.73. The van der Waals surface area contributed by atoms with Gasteiger partial charge in [-0.05, 0) is 64.3 Å². The number of Topliss-reactive ketones (excluding diaryl/α,β-unsaturated/α-hetero) is 2. The molecule has 0 saturated carbocycles. The smallest absolute Gasteiger partial charge is 0.324 e. The van der Waals surface area contributed by atoms with Crippen molar-refractivity contribution in [1.29, 1.82) is 0 Å². The van der Waals surface area contributed by atoms with Gasteiger partial charge in [0.1, 0.15) is 33.7 Å².